The molecule has 6 nitrogen and oxygen atoms in total. The van der Waals surface area contributed by atoms with E-state index in [9.17, 15) is 24.9 Å². The van der Waals surface area contributed by atoms with Crippen molar-refractivity contribution in [2.75, 3.05) is 0 Å². The number of pyridine rings is 1. The maximum atomic E-state index is 11.8. The van der Waals surface area contributed by atoms with Crippen LogP contribution in [0.5, 0.6) is 0 Å². The summed E-state index contributed by atoms with van der Waals surface area (Å²) in [5.41, 5.74) is 1.77. The molecule has 1 saturated carbocycles. The van der Waals surface area contributed by atoms with Crippen LogP contribution < -0.4 is 0 Å². The van der Waals surface area contributed by atoms with E-state index >= 15 is 0 Å². The van der Waals surface area contributed by atoms with Gasteiger partial charge in [0.1, 0.15) is 6.10 Å². The SMILES string of the molecule is Cc1ccccc1[C@@H](O)c1nc(C(=O)O)c(C)c(C(=O)O)c1C1CC1. The molecule has 6 heteroatoms. The number of aromatic carboxylic acids is 2. The number of carboxylic acids is 2. The van der Waals surface area contributed by atoms with E-state index in [0.29, 0.717) is 11.1 Å². The molecule has 1 aromatic heterocycles. The molecule has 1 fully saturated rings. The fourth-order valence-corrected chi connectivity index (χ4v) is 3.23. The van der Waals surface area contributed by atoms with Crippen LogP contribution in [0.15, 0.2) is 24.3 Å². The number of aliphatic hydroxyl groups excluding tert-OH is 1. The second-order valence-corrected chi connectivity index (χ2v) is 6.40. The molecule has 1 atom stereocenters. The van der Waals surface area contributed by atoms with Crippen molar-refractivity contribution in [3.63, 3.8) is 0 Å². The first-order valence-corrected chi connectivity index (χ1v) is 8.07. The van der Waals surface area contributed by atoms with Gasteiger partial charge in [-0.1, -0.05) is 24.3 Å². The summed E-state index contributed by atoms with van der Waals surface area (Å²) in [6.45, 7) is 3.29. The largest absolute Gasteiger partial charge is 0.478 e. The molecule has 1 heterocycles. The molecule has 25 heavy (non-hydrogen) atoms. The molecule has 130 valence electrons. The molecule has 0 aliphatic heterocycles. The van der Waals surface area contributed by atoms with E-state index in [4.69, 9.17) is 0 Å². The maximum Gasteiger partial charge on any atom is 0.354 e. The Balaban J connectivity index is 2.29. The maximum absolute atomic E-state index is 11.8. The van der Waals surface area contributed by atoms with Crippen LogP contribution in [0.4, 0.5) is 0 Å². The molecule has 0 radical (unpaired) electrons. The Morgan fingerprint density at radius 2 is 1.76 bits per heavy atom. The second-order valence-electron chi connectivity index (χ2n) is 6.40. The van der Waals surface area contributed by atoms with E-state index < -0.39 is 18.0 Å². The minimum atomic E-state index is -1.31. The van der Waals surface area contributed by atoms with Crippen LogP contribution in [-0.2, 0) is 0 Å². The molecule has 3 rings (SSSR count). The van der Waals surface area contributed by atoms with Crippen LogP contribution in [0.3, 0.4) is 0 Å². The molecule has 0 amide bonds. The summed E-state index contributed by atoms with van der Waals surface area (Å²) in [5, 5.41) is 30.0. The van der Waals surface area contributed by atoms with E-state index in [-0.39, 0.29) is 28.4 Å². The van der Waals surface area contributed by atoms with Gasteiger partial charge in [-0.3, -0.25) is 0 Å². The van der Waals surface area contributed by atoms with Gasteiger partial charge in [-0.25, -0.2) is 14.6 Å². The zero-order valence-corrected chi connectivity index (χ0v) is 14.0. The number of aliphatic hydroxyl groups is 1. The molecule has 0 unspecified atom stereocenters. The Morgan fingerprint density at radius 1 is 1.12 bits per heavy atom. The van der Waals surface area contributed by atoms with E-state index in [1.165, 1.54) is 6.92 Å². The topological polar surface area (TPSA) is 108 Å². The Hall–Kier alpha value is -2.73. The van der Waals surface area contributed by atoms with Crippen molar-refractivity contribution in [2.45, 2.75) is 38.7 Å². The fraction of sp³-hybridized carbons (Fsp3) is 0.316. The van der Waals surface area contributed by atoms with Crippen LogP contribution in [-0.4, -0.2) is 32.2 Å². The Labute approximate surface area is 144 Å². The second kappa shape index (κ2) is 6.29. The van der Waals surface area contributed by atoms with Gasteiger partial charge in [0.15, 0.2) is 5.69 Å². The standard InChI is InChI=1S/C19H19NO5/c1-9-5-3-4-6-12(9)17(21)16-14(11-7-8-11)13(18(22)23)10(2)15(20-16)19(24)25/h3-6,11,17,21H,7-8H2,1-2H3,(H,22,23)(H,24,25)/t17-/m1/s1. The molecular weight excluding hydrogens is 322 g/mol. The van der Waals surface area contributed by atoms with Crippen LogP contribution in [0.25, 0.3) is 0 Å². The lowest BCUT2D eigenvalue weighted by Crippen LogP contribution is -2.19. The number of carboxylic acid groups (broad SMARTS) is 2. The molecule has 0 spiro atoms. The molecule has 1 aliphatic rings. The summed E-state index contributed by atoms with van der Waals surface area (Å²) in [7, 11) is 0. The molecule has 3 N–H and O–H groups in total. The smallest absolute Gasteiger partial charge is 0.354 e. The van der Waals surface area contributed by atoms with Gasteiger partial charge in [-0.2, -0.15) is 0 Å². The molecule has 1 aromatic carbocycles. The van der Waals surface area contributed by atoms with E-state index in [0.717, 1.165) is 18.4 Å². The minimum absolute atomic E-state index is 0.00573. The van der Waals surface area contributed by atoms with E-state index in [1.54, 1.807) is 12.1 Å². The Kier molecular flexibility index (Phi) is 4.30. The average Bonchev–Trinajstić information content (AvgIpc) is 3.38. The highest BCUT2D eigenvalue weighted by Crippen LogP contribution is 2.46. The van der Waals surface area contributed by atoms with Crippen molar-refractivity contribution >= 4 is 11.9 Å². The van der Waals surface area contributed by atoms with Crippen molar-refractivity contribution in [1.82, 2.24) is 4.98 Å². The van der Waals surface area contributed by atoms with Gasteiger partial charge in [0.25, 0.3) is 0 Å². The number of nitrogens with zero attached hydrogens (tertiary/aromatic N) is 1. The van der Waals surface area contributed by atoms with Crippen molar-refractivity contribution < 1.29 is 24.9 Å². The Morgan fingerprint density at radius 3 is 2.28 bits per heavy atom. The fourth-order valence-electron chi connectivity index (χ4n) is 3.23. The third-order valence-electron chi connectivity index (χ3n) is 4.65. The van der Waals surface area contributed by atoms with Crippen molar-refractivity contribution in [1.29, 1.82) is 0 Å². The Bertz CT molecular complexity index is 870. The molecule has 0 saturated heterocycles. The number of hydrogen-bond donors (Lipinski definition) is 3. The first kappa shape index (κ1) is 17.1. The summed E-state index contributed by atoms with van der Waals surface area (Å²) in [6, 6.07) is 7.17. The van der Waals surface area contributed by atoms with Crippen LogP contribution in [0.1, 0.15) is 73.7 Å². The van der Waals surface area contributed by atoms with Crippen LogP contribution in [0, 0.1) is 13.8 Å². The summed E-state index contributed by atoms with van der Waals surface area (Å²) < 4.78 is 0. The minimum Gasteiger partial charge on any atom is -0.478 e. The molecule has 2 aromatic rings. The zero-order chi connectivity index (χ0) is 18.3. The zero-order valence-electron chi connectivity index (χ0n) is 14.0. The lowest BCUT2D eigenvalue weighted by Gasteiger charge is -2.20. The van der Waals surface area contributed by atoms with Crippen LogP contribution >= 0.6 is 0 Å². The van der Waals surface area contributed by atoms with Crippen molar-refractivity contribution in [2.24, 2.45) is 0 Å². The third-order valence-corrected chi connectivity index (χ3v) is 4.65. The summed E-state index contributed by atoms with van der Waals surface area (Å²) in [5.74, 6) is -2.50. The van der Waals surface area contributed by atoms with E-state index in [1.807, 2.05) is 19.1 Å². The number of aromatic nitrogens is 1. The predicted molar refractivity (Wildman–Crippen MR) is 90.1 cm³/mol. The summed E-state index contributed by atoms with van der Waals surface area (Å²) in [6.07, 6.45) is 0.441. The van der Waals surface area contributed by atoms with Gasteiger partial charge in [0.05, 0.1) is 11.3 Å². The first-order chi connectivity index (χ1) is 11.8. The highest BCUT2D eigenvalue weighted by molar-refractivity contribution is 5.97. The molecule has 0 bridgehead atoms. The van der Waals surface area contributed by atoms with Gasteiger partial charge in [0.2, 0.25) is 0 Å². The first-order valence-electron chi connectivity index (χ1n) is 8.07. The lowest BCUT2D eigenvalue weighted by molar-refractivity contribution is 0.0688. The normalized spacial score (nSPS) is 15.0. The average molecular weight is 341 g/mol. The van der Waals surface area contributed by atoms with Crippen molar-refractivity contribution in [3.05, 3.63) is 63.5 Å². The summed E-state index contributed by atoms with van der Waals surface area (Å²) >= 11 is 0. The van der Waals surface area contributed by atoms with Gasteiger partial charge in [0, 0.05) is 0 Å². The number of carbonyl (C=O) groups is 2. The predicted octanol–water partition coefficient (Wildman–Crippen LogP) is 3.05. The van der Waals surface area contributed by atoms with E-state index in [2.05, 4.69) is 4.98 Å². The van der Waals surface area contributed by atoms with Gasteiger partial charge in [-0.15, -0.1) is 0 Å². The highest BCUT2D eigenvalue weighted by Gasteiger charge is 2.36. The molecule has 1 aliphatic carbocycles. The number of aryl methyl sites for hydroxylation is 1. The van der Waals surface area contributed by atoms with Gasteiger partial charge < -0.3 is 15.3 Å². The number of hydrogen-bond acceptors (Lipinski definition) is 4. The van der Waals surface area contributed by atoms with Crippen LogP contribution in [0.2, 0.25) is 0 Å². The van der Waals surface area contributed by atoms with Gasteiger partial charge >= 0.3 is 11.9 Å². The third kappa shape index (κ3) is 3.00. The number of rotatable bonds is 5. The quantitative estimate of drug-likeness (QED) is 0.771. The number of benzene rings is 1. The highest BCUT2D eigenvalue weighted by atomic mass is 16.4. The summed E-state index contributed by atoms with van der Waals surface area (Å²) in [4.78, 5) is 27.5. The molecular formula is C19H19NO5. The monoisotopic (exact) mass is 341 g/mol. The van der Waals surface area contributed by atoms with Gasteiger partial charge in [-0.05, 0) is 54.9 Å². The van der Waals surface area contributed by atoms with Crippen molar-refractivity contribution in [3.8, 4) is 0 Å². The lowest BCUT2D eigenvalue weighted by atomic mass is 9.90.